The fourth-order valence-electron chi connectivity index (χ4n) is 5.14. The molecule has 0 radical (unpaired) electrons. The van der Waals surface area contributed by atoms with Gasteiger partial charge < -0.3 is 20.1 Å². The quantitative estimate of drug-likeness (QED) is 0.390. The molecule has 0 saturated carbocycles. The zero-order chi connectivity index (χ0) is 24.7. The number of fused-ring (bicyclic) bond motifs is 2. The molecule has 0 unspecified atom stereocenters. The Bertz CT molecular complexity index is 1450. The lowest BCUT2D eigenvalue weighted by Crippen LogP contribution is -2.52. The standard InChI is InChI=1S/C29H26N2O4S/c30-27-26(21-8-4-5-9-25(21)36-27)28(33)31-14-12-29(13-15-31)17-23(32)22-16-20(10-11-24(22)35-29)34-18-19-6-2-1-3-7-19/h1-11,16H,12-15,17-18,30H2. The smallest absolute Gasteiger partial charge is 0.257 e. The number of carbonyl (C=O) groups excluding carboxylic acids is 2. The molecule has 1 fully saturated rings. The number of anilines is 1. The predicted molar refractivity (Wildman–Crippen MR) is 141 cm³/mol. The van der Waals surface area contributed by atoms with Crippen LogP contribution in [0.2, 0.25) is 0 Å². The van der Waals surface area contributed by atoms with Gasteiger partial charge in [-0.05, 0) is 29.8 Å². The van der Waals surface area contributed by atoms with Crippen molar-refractivity contribution < 1.29 is 19.1 Å². The number of ketones is 1. The molecule has 0 aliphatic carbocycles. The average Bonchev–Trinajstić information content (AvgIpc) is 3.24. The van der Waals surface area contributed by atoms with Gasteiger partial charge >= 0.3 is 0 Å². The van der Waals surface area contributed by atoms with Crippen molar-refractivity contribution in [3.05, 3.63) is 89.5 Å². The summed E-state index contributed by atoms with van der Waals surface area (Å²) < 4.78 is 13.3. The van der Waals surface area contributed by atoms with Crippen molar-refractivity contribution in [3.8, 4) is 11.5 Å². The van der Waals surface area contributed by atoms with Crippen LogP contribution in [0.4, 0.5) is 5.00 Å². The number of hydrogen-bond donors (Lipinski definition) is 1. The van der Waals surface area contributed by atoms with Crippen molar-refractivity contribution >= 4 is 38.1 Å². The minimum Gasteiger partial charge on any atom is -0.489 e. The van der Waals surface area contributed by atoms with Crippen LogP contribution in [-0.4, -0.2) is 35.3 Å². The van der Waals surface area contributed by atoms with Gasteiger partial charge in [0.2, 0.25) is 0 Å². The first kappa shape index (κ1) is 22.6. The van der Waals surface area contributed by atoms with Crippen LogP contribution in [0.5, 0.6) is 11.5 Å². The van der Waals surface area contributed by atoms with Gasteiger partial charge in [-0.1, -0.05) is 48.5 Å². The van der Waals surface area contributed by atoms with Gasteiger partial charge in [-0.3, -0.25) is 9.59 Å². The van der Waals surface area contributed by atoms with Crippen molar-refractivity contribution in [1.82, 2.24) is 4.90 Å². The number of carbonyl (C=O) groups is 2. The van der Waals surface area contributed by atoms with E-state index in [-0.39, 0.29) is 11.7 Å². The molecule has 36 heavy (non-hydrogen) atoms. The Morgan fingerprint density at radius 1 is 1.03 bits per heavy atom. The van der Waals surface area contributed by atoms with Crippen molar-refractivity contribution in [1.29, 1.82) is 0 Å². The Balaban J connectivity index is 1.14. The first-order chi connectivity index (χ1) is 17.5. The highest BCUT2D eigenvalue weighted by Crippen LogP contribution is 2.41. The van der Waals surface area contributed by atoms with E-state index in [1.807, 2.05) is 71.6 Å². The molecule has 3 aromatic carbocycles. The minimum atomic E-state index is -0.588. The molecule has 7 heteroatoms. The normalized spacial score (nSPS) is 16.6. The summed E-state index contributed by atoms with van der Waals surface area (Å²) >= 11 is 1.44. The molecule has 0 atom stereocenters. The number of piperidine rings is 1. The number of Topliss-reactive ketones (excluding diaryl/α,β-unsaturated/α-hetero) is 1. The minimum absolute atomic E-state index is 0.0502. The lowest BCUT2D eigenvalue weighted by atomic mass is 9.82. The second-order valence-electron chi connectivity index (χ2n) is 9.45. The maximum Gasteiger partial charge on any atom is 0.257 e. The van der Waals surface area contributed by atoms with Crippen molar-refractivity contribution in [2.75, 3.05) is 18.8 Å². The van der Waals surface area contributed by atoms with E-state index in [1.165, 1.54) is 11.3 Å². The number of likely N-dealkylation sites (tertiary alicyclic amines) is 1. The van der Waals surface area contributed by atoms with Crippen LogP contribution < -0.4 is 15.2 Å². The summed E-state index contributed by atoms with van der Waals surface area (Å²) in [4.78, 5) is 28.3. The van der Waals surface area contributed by atoms with Crippen molar-refractivity contribution in [3.63, 3.8) is 0 Å². The summed E-state index contributed by atoms with van der Waals surface area (Å²) in [6.07, 6.45) is 1.49. The van der Waals surface area contributed by atoms with E-state index in [1.54, 1.807) is 6.07 Å². The molecular weight excluding hydrogens is 472 g/mol. The molecule has 3 heterocycles. The zero-order valence-electron chi connectivity index (χ0n) is 19.7. The third-order valence-electron chi connectivity index (χ3n) is 7.11. The van der Waals surface area contributed by atoms with Crippen LogP contribution in [0.3, 0.4) is 0 Å². The molecule has 1 spiro atoms. The number of nitrogens with zero attached hydrogens (tertiary/aromatic N) is 1. The fourth-order valence-corrected chi connectivity index (χ4v) is 6.11. The van der Waals surface area contributed by atoms with Gasteiger partial charge in [0.15, 0.2) is 5.78 Å². The Kier molecular flexibility index (Phi) is 5.64. The second-order valence-corrected chi connectivity index (χ2v) is 10.5. The molecule has 1 amide bonds. The van der Waals surface area contributed by atoms with Crippen LogP contribution in [-0.2, 0) is 6.61 Å². The highest BCUT2D eigenvalue weighted by Gasteiger charge is 2.44. The number of rotatable bonds is 4. The Morgan fingerprint density at radius 2 is 1.78 bits per heavy atom. The first-order valence-corrected chi connectivity index (χ1v) is 12.9. The van der Waals surface area contributed by atoms with Crippen LogP contribution >= 0.6 is 11.3 Å². The first-order valence-electron chi connectivity index (χ1n) is 12.1. The van der Waals surface area contributed by atoms with E-state index < -0.39 is 5.60 Å². The van der Waals surface area contributed by atoms with Gasteiger partial charge in [-0.15, -0.1) is 11.3 Å². The number of amides is 1. The third-order valence-corrected chi connectivity index (χ3v) is 8.11. The molecule has 1 saturated heterocycles. The second kappa shape index (κ2) is 8.99. The van der Waals surface area contributed by atoms with E-state index >= 15 is 0 Å². The molecule has 2 aliphatic rings. The van der Waals surface area contributed by atoms with E-state index in [4.69, 9.17) is 15.2 Å². The number of nitrogen functional groups attached to an aromatic ring is 1. The zero-order valence-corrected chi connectivity index (χ0v) is 20.6. The van der Waals surface area contributed by atoms with Gasteiger partial charge in [0.25, 0.3) is 5.91 Å². The van der Waals surface area contributed by atoms with Crippen molar-refractivity contribution in [2.45, 2.75) is 31.5 Å². The molecular formula is C29H26N2O4S. The number of benzene rings is 3. The monoisotopic (exact) mass is 498 g/mol. The topological polar surface area (TPSA) is 81.9 Å². The summed E-state index contributed by atoms with van der Waals surface area (Å²) in [5.74, 6) is 1.23. The maximum absolute atomic E-state index is 13.4. The molecule has 0 bridgehead atoms. The lowest BCUT2D eigenvalue weighted by Gasteiger charge is -2.44. The predicted octanol–water partition coefficient (Wildman–Crippen LogP) is 5.70. The lowest BCUT2D eigenvalue weighted by molar-refractivity contribution is -0.00570. The summed E-state index contributed by atoms with van der Waals surface area (Å²) in [6, 6.07) is 23.2. The van der Waals surface area contributed by atoms with Crippen LogP contribution in [0, 0.1) is 0 Å². The molecule has 182 valence electrons. The maximum atomic E-state index is 13.4. The molecule has 2 aliphatic heterocycles. The van der Waals surface area contributed by atoms with Gasteiger partial charge in [0.1, 0.15) is 23.7 Å². The Hall–Kier alpha value is -3.84. The molecule has 4 aromatic rings. The van der Waals surface area contributed by atoms with Gasteiger partial charge in [-0.2, -0.15) is 0 Å². The van der Waals surface area contributed by atoms with Gasteiger partial charge in [-0.25, -0.2) is 0 Å². The average molecular weight is 499 g/mol. The third kappa shape index (κ3) is 4.09. The number of nitrogens with two attached hydrogens (primary N) is 1. The Morgan fingerprint density at radius 3 is 2.58 bits per heavy atom. The highest BCUT2D eigenvalue weighted by atomic mass is 32.1. The Labute approximate surface area is 213 Å². The van der Waals surface area contributed by atoms with E-state index in [2.05, 4.69) is 0 Å². The number of thiophene rings is 1. The molecule has 2 N–H and O–H groups in total. The molecule has 6 rings (SSSR count). The van der Waals surface area contributed by atoms with Gasteiger partial charge in [0.05, 0.1) is 22.5 Å². The van der Waals surface area contributed by atoms with Crippen LogP contribution in [0.15, 0.2) is 72.8 Å². The summed E-state index contributed by atoms with van der Waals surface area (Å²) in [5, 5.41) is 1.44. The SMILES string of the molecule is Nc1sc2ccccc2c1C(=O)N1CCC2(CC1)CC(=O)c1cc(OCc3ccccc3)ccc1O2. The summed E-state index contributed by atoms with van der Waals surface area (Å²) in [7, 11) is 0. The van der Waals surface area contributed by atoms with E-state index in [9.17, 15) is 9.59 Å². The number of hydrogen-bond acceptors (Lipinski definition) is 6. The van der Waals surface area contributed by atoms with E-state index in [0.29, 0.717) is 66.6 Å². The number of ether oxygens (including phenoxy) is 2. The largest absolute Gasteiger partial charge is 0.489 e. The van der Waals surface area contributed by atoms with Crippen LogP contribution in [0.1, 0.15) is 45.5 Å². The summed E-state index contributed by atoms with van der Waals surface area (Å²) in [5.41, 5.74) is 7.85. The summed E-state index contributed by atoms with van der Waals surface area (Å²) in [6.45, 7) is 1.47. The van der Waals surface area contributed by atoms with E-state index in [0.717, 1.165) is 15.6 Å². The molecule has 1 aromatic heterocycles. The molecule has 6 nitrogen and oxygen atoms in total. The fraction of sp³-hybridized carbons (Fsp3) is 0.241. The highest BCUT2D eigenvalue weighted by molar-refractivity contribution is 7.23. The van der Waals surface area contributed by atoms with Crippen molar-refractivity contribution in [2.24, 2.45) is 0 Å². The van der Waals surface area contributed by atoms with Gasteiger partial charge in [0, 0.05) is 36.0 Å². The van der Waals surface area contributed by atoms with Crippen LogP contribution in [0.25, 0.3) is 10.1 Å².